The zero-order chi connectivity index (χ0) is 12.8. The van der Waals surface area contributed by atoms with Gasteiger partial charge in [0.25, 0.3) is 0 Å². The van der Waals surface area contributed by atoms with Crippen molar-refractivity contribution in [3.05, 3.63) is 0 Å². The first-order chi connectivity index (χ1) is 8.06. The molecule has 0 aromatic rings. The smallest absolute Gasteiger partial charge is 0.00155 e. The van der Waals surface area contributed by atoms with Gasteiger partial charge in [-0.2, -0.15) is 0 Å². The SMILES string of the molecule is CC(C)C(CNCC1CCCC1CN)C(C)C. The van der Waals surface area contributed by atoms with Crippen LogP contribution in [0.25, 0.3) is 0 Å². The minimum atomic E-state index is 0.774. The van der Waals surface area contributed by atoms with Gasteiger partial charge in [0.2, 0.25) is 0 Å². The lowest BCUT2D eigenvalue weighted by Crippen LogP contribution is -2.35. The molecular weight excluding hydrogens is 208 g/mol. The summed E-state index contributed by atoms with van der Waals surface area (Å²) in [5.41, 5.74) is 5.82. The van der Waals surface area contributed by atoms with E-state index in [9.17, 15) is 0 Å². The Morgan fingerprint density at radius 1 is 1.06 bits per heavy atom. The molecule has 1 aliphatic carbocycles. The number of rotatable bonds is 7. The van der Waals surface area contributed by atoms with Crippen LogP contribution in [0.3, 0.4) is 0 Å². The van der Waals surface area contributed by atoms with E-state index in [4.69, 9.17) is 5.73 Å². The molecule has 1 aliphatic rings. The fourth-order valence-corrected chi connectivity index (χ4v) is 3.37. The summed E-state index contributed by atoms with van der Waals surface area (Å²) in [7, 11) is 0. The zero-order valence-electron chi connectivity index (χ0n) is 12.2. The Morgan fingerprint density at radius 2 is 1.65 bits per heavy atom. The van der Waals surface area contributed by atoms with Crippen molar-refractivity contribution >= 4 is 0 Å². The molecule has 0 spiro atoms. The van der Waals surface area contributed by atoms with Gasteiger partial charge in [0.05, 0.1) is 0 Å². The van der Waals surface area contributed by atoms with Crippen LogP contribution >= 0.6 is 0 Å². The predicted molar refractivity (Wildman–Crippen MR) is 75.9 cm³/mol. The van der Waals surface area contributed by atoms with Crippen molar-refractivity contribution in [1.82, 2.24) is 5.32 Å². The second-order valence-electron chi connectivity index (χ2n) is 6.50. The van der Waals surface area contributed by atoms with Crippen LogP contribution in [0.5, 0.6) is 0 Å². The molecule has 1 fully saturated rings. The molecule has 1 rings (SSSR count). The first-order valence-corrected chi connectivity index (χ1v) is 7.47. The summed E-state index contributed by atoms with van der Waals surface area (Å²) in [5.74, 6) is 3.96. The third kappa shape index (κ3) is 4.59. The standard InChI is InChI=1S/C15H32N2/c1-11(2)15(12(3)4)10-17-9-14-7-5-6-13(14)8-16/h11-15,17H,5-10,16H2,1-4H3. The largest absolute Gasteiger partial charge is 0.330 e. The van der Waals surface area contributed by atoms with E-state index in [1.165, 1.54) is 32.4 Å². The molecule has 102 valence electrons. The fourth-order valence-electron chi connectivity index (χ4n) is 3.37. The molecule has 2 nitrogen and oxygen atoms in total. The summed E-state index contributed by atoms with van der Waals surface area (Å²) in [4.78, 5) is 0. The van der Waals surface area contributed by atoms with E-state index in [-0.39, 0.29) is 0 Å². The Balaban J connectivity index is 2.26. The van der Waals surface area contributed by atoms with E-state index in [0.29, 0.717) is 0 Å². The van der Waals surface area contributed by atoms with Gasteiger partial charge >= 0.3 is 0 Å². The van der Waals surface area contributed by atoms with Gasteiger partial charge in [0, 0.05) is 0 Å². The Bertz CT molecular complexity index is 193. The van der Waals surface area contributed by atoms with Crippen LogP contribution in [0.15, 0.2) is 0 Å². The highest BCUT2D eigenvalue weighted by molar-refractivity contribution is 4.80. The maximum absolute atomic E-state index is 5.82. The number of hydrogen-bond donors (Lipinski definition) is 2. The Kier molecular flexibility index (Phi) is 6.50. The van der Waals surface area contributed by atoms with Crippen molar-refractivity contribution in [1.29, 1.82) is 0 Å². The highest BCUT2D eigenvalue weighted by Gasteiger charge is 2.26. The first-order valence-electron chi connectivity index (χ1n) is 7.47. The normalized spacial score (nSPS) is 25.4. The van der Waals surface area contributed by atoms with Crippen molar-refractivity contribution in [3.63, 3.8) is 0 Å². The van der Waals surface area contributed by atoms with Crippen LogP contribution in [0.2, 0.25) is 0 Å². The second-order valence-corrected chi connectivity index (χ2v) is 6.50. The van der Waals surface area contributed by atoms with Crippen molar-refractivity contribution in [2.24, 2.45) is 35.3 Å². The van der Waals surface area contributed by atoms with Crippen LogP contribution in [-0.4, -0.2) is 19.6 Å². The molecule has 2 heteroatoms. The van der Waals surface area contributed by atoms with Crippen LogP contribution in [0, 0.1) is 29.6 Å². The van der Waals surface area contributed by atoms with Gasteiger partial charge in [-0.05, 0) is 62.1 Å². The summed E-state index contributed by atoms with van der Waals surface area (Å²) in [6.07, 6.45) is 4.11. The van der Waals surface area contributed by atoms with Crippen molar-refractivity contribution in [3.8, 4) is 0 Å². The van der Waals surface area contributed by atoms with Gasteiger partial charge in [0.15, 0.2) is 0 Å². The second kappa shape index (κ2) is 7.38. The fraction of sp³-hybridized carbons (Fsp3) is 1.00. The molecule has 0 aromatic heterocycles. The molecule has 0 saturated heterocycles. The first kappa shape index (κ1) is 15.0. The summed E-state index contributed by atoms with van der Waals surface area (Å²) >= 11 is 0. The van der Waals surface area contributed by atoms with E-state index in [1.807, 2.05) is 0 Å². The predicted octanol–water partition coefficient (Wildman–Crippen LogP) is 2.88. The Hall–Kier alpha value is -0.0800. The van der Waals surface area contributed by atoms with Crippen molar-refractivity contribution < 1.29 is 0 Å². The molecule has 0 aromatic carbocycles. The molecule has 2 unspecified atom stereocenters. The highest BCUT2D eigenvalue weighted by atomic mass is 14.9. The van der Waals surface area contributed by atoms with Crippen LogP contribution in [0.4, 0.5) is 0 Å². The van der Waals surface area contributed by atoms with E-state index in [2.05, 4.69) is 33.0 Å². The Morgan fingerprint density at radius 3 is 2.18 bits per heavy atom. The number of nitrogens with two attached hydrogens (primary N) is 1. The van der Waals surface area contributed by atoms with E-state index in [1.54, 1.807) is 0 Å². The van der Waals surface area contributed by atoms with Gasteiger partial charge in [-0.25, -0.2) is 0 Å². The molecule has 1 saturated carbocycles. The summed E-state index contributed by atoms with van der Waals surface area (Å²) in [6, 6.07) is 0. The maximum atomic E-state index is 5.82. The lowest BCUT2D eigenvalue weighted by Gasteiger charge is -2.27. The van der Waals surface area contributed by atoms with Gasteiger partial charge in [-0.1, -0.05) is 34.1 Å². The van der Waals surface area contributed by atoms with E-state index < -0.39 is 0 Å². The van der Waals surface area contributed by atoms with Crippen LogP contribution in [-0.2, 0) is 0 Å². The Labute approximate surface area is 108 Å². The lowest BCUT2D eigenvalue weighted by atomic mass is 9.85. The maximum Gasteiger partial charge on any atom is -0.00155 e. The third-order valence-corrected chi connectivity index (χ3v) is 4.62. The zero-order valence-corrected chi connectivity index (χ0v) is 12.2. The minimum Gasteiger partial charge on any atom is -0.330 e. The molecule has 2 atom stereocenters. The molecule has 0 heterocycles. The lowest BCUT2D eigenvalue weighted by molar-refractivity contribution is 0.263. The summed E-state index contributed by atoms with van der Waals surface area (Å²) in [5, 5.41) is 3.70. The number of hydrogen-bond acceptors (Lipinski definition) is 2. The molecule has 17 heavy (non-hydrogen) atoms. The molecule has 0 radical (unpaired) electrons. The van der Waals surface area contributed by atoms with E-state index in [0.717, 1.165) is 36.1 Å². The average molecular weight is 240 g/mol. The van der Waals surface area contributed by atoms with Crippen molar-refractivity contribution in [2.45, 2.75) is 47.0 Å². The van der Waals surface area contributed by atoms with Gasteiger partial charge in [0.1, 0.15) is 0 Å². The van der Waals surface area contributed by atoms with Gasteiger partial charge in [-0.3, -0.25) is 0 Å². The minimum absolute atomic E-state index is 0.774. The summed E-state index contributed by atoms with van der Waals surface area (Å²) < 4.78 is 0. The number of nitrogens with one attached hydrogen (secondary N) is 1. The van der Waals surface area contributed by atoms with Crippen molar-refractivity contribution in [2.75, 3.05) is 19.6 Å². The molecule has 3 N–H and O–H groups in total. The monoisotopic (exact) mass is 240 g/mol. The average Bonchev–Trinajstić information content (AvgIpc) is 2.70. The molecular formula is C15H32N2. The molecule has 0 aliphatic heterocycles. The quantitative estimate of drug-likeness (QED) is 0.718. The molecule has 0 amide bonds. The topological polar surface area (TPSA) is 38.0 Å². The van der Waals surface area contributed by atoms with Gasteiger partial charge < -0.3 is 11.1 Å². The van der Waals surface area contributed by atoms with Crippen LogP contribution in [0.1, 0.15) is 47.0 Å². The molecule has 0 bridgehead atoms. The van der Waals surface area contributed by atoms with Crippen LogP contribution < -0.4 is 11.1 Å². The third-order valence-electron chi connectivity index (χ3n) is 4.62. The summed E-state index contributed by atoms with van der Waals surface area (Å²) in [6.45, 7) is 12.6. The van der Waals surface area contributed by atoms with E-state index >= 15 is 0 Å². The highest BCUT2D eigenvalue weighted by Crippen LogP contribution is 2.30. The van der Waals surface area contributed by atoms with Gasteiger partial charge in [-0.15, -0.1) is 0 Å².